The minimum atomic E-state index is -0.819. The number of hydrogen-bond donors (Lipinski definition) is 1. The summed E-state index contributed by atoms with van der Waals surface area (Å²) in [7, 11) is 0. The van der Waals surface area contributed by atoms with Crippen molar-refractivity contribution in [3.63, 3.8) is 0 Å². The number of halogens is 1. The number of nitrogens with one attached hydrogen (secondary N) is 1. The molecule has 0 aliphatic carbocycles. The molecule has 0 aromatic heterocycles. The van der Waals surface area contributed by atoms with Crippen LogP contribution in [0.1, 0.15) is 20.8 Å². The van der Waals surface area contributed by atoms with Gasteiger partial charge in [0.2, 0.25) is 11.8 Å². The normalized spacial score (nSPS) is 25.9. The lowest BCUT2D eigenvalue weighted by atomic mass is 9.96. The van der Waals surface area contributed by atoms with Gasteiger partial charge in [0.25, 0.3) is 0 Å². The third kappa shape index (κ3) is 2.15. The smallest absolute Gasteiger partial charge is 0.246 e. The van der Waals surface area contributed by atoms with Gasteiger partial charge in [0, 0.05) is 12.1 Å². The molecule has 0 bridgehead atoms. The van der Waals surface area contributed by atoms with E-state index in [1.165, 1.54) is 10.4 Å². The van der Waals surface area contributed by atoms with Crippen LogP contribution in [0, 0.1) is 0 Å². The SMILES string of the molecule is CC1NC(=O)C(C)(C)N(C/C=C/Cl)C1=O. The summed E-state index contributed by atoms with van der Waals surface area (Å²) < 4.78 is 0. The Labute approximate surface area is 94.3 Å². The molecule has 0 aromatic carbocycles. The summed E-state index contributed by atoms with van der Waals surface area (Å²) in [6, 6.07) is -0.464. The Morgan fingerprint density at radius 1 is 1.53 bits per heavy atom. The van der Waals surface area contributed by atoms with Gasteiger partial charge in [0.1, 0.15) is 11.6 Å². The predicted octanol–water partition coefficient (Wildman–Crippen LogP) is 0.864. The van der Waals surface area contributed by atoms with Crippen LogP contribution in [0.5, 0.6) is 0 Å². The van der Waals surface area contributed by atoms with E-state index in [1.54, 1.807) is 26.8 Å². The van der Waals surface area contributed by atoms with Gasteiger partial charge < -0.3 is 10.2 Å². The van der Waals surface area contributed by atoms with E-state index in [4.69, 9.17) is 11.6 Å². The van der Waals surface area contributed by atoms with Gasteiger partial charge in [0.05, 0.1) is 0 Å². The quantitative estimate of drug-likeness (QED) is 0.765. The van der Waals surface area contributed by atoms with Gasteiger partial charge in [-0.25, -0.2) is 0 Å². The van der Waals surface area contributed by atoms with Crippen molar-refractivity contribution in [1.82, 2.24) is 10.2 Å². The Hall–Kier alpha value is -1.03. The first kappa shape index (κ1) is 12.0. The highest BCUT2D eigenvalue weighted by Gasteiger charge is 2.44. The second-order valence-corrected chi connectivity index (χ2v) is 4.32. The van der Waals surface area contributed by atoms with Crippen LogP contribution in [-0.4, -0.2) is 34.8 Å². The average Bonchev–Trinajstić information content (AvgIpc) is 2.15. The Kier molecular flexibility index (Phi) is 3.39. The predicted molar refractivity (Wildman–Crippen MR) is 58.4 cm³/mol. The number of rotatable bonds is 2. The first-order valence-electron chi connectivity index (χ1n) is 4.79. The molecule has 0 aromatic rings. The lowest BCUT2D eigenvalue weighted by Crippen LogP contribution is -2.67. The minimum absolute atomic E-state index is 0.0885. The Bertz CT molecular complexity index is 313. The number of piperazine rings is 1. The molecule has 0 saturated carbocycles. The van der Waals surface area contributed by atoms with E-state index in [1.807, 2.05) is 0 Å². The highest BCUT2D eigenvalue weighted by Crippen LogP contribution is 2.20. The molecule has 1 atom stereocenters. The van der Waals surface area contributed by atoms with Crippen molar-refractivity contribution in [3.05, 3.63) is 11.6 Å². The van der Waals surface area contributed by atoms with Crippen molar-refractivity contribution < 1.29 is 9.59 Å². The second kappa shape index (κ2) is 4.23. The van der Waals surface area contributed by atoms with Gasteiger partial charge in [-0.2, -0.15) is 0 Å². The van der Waals surface area contributed by atoms with Crippen molar-refractivity contribution in [1.29, 1.82) is 0 Å². The lowest BCUT2D eigenvalue weighted by molar-refractivity contribution is -0.153. The van der Waals surface area contributed by atoms with Crippen molar-refractivity contribution in [3.8, 4) is 0 Å². The topological polar surface area (TPSA) is 49.4 Å². The van der Waals surface area contributed by atoms with Gasteiger partial charge in [-0.3, -0.25) is 9.59 Å². The van der Waals surface area contributed by atoms with Crippen LogP contribution in [0.15, 0.2) is 11.6 Å². The van der Waals surface area contributed by atoms with E-state index in [0.29, 0.717) is 6.54 Å². The number of amides is 2. The van der Waals surface area contributed by atoms with Gasteiger partial charge >= 0.3 is 0 Å². The van der Waals surface area contributed by atoms with Crippen LogP contribution in [0.25, 0.3) is 0 Å². The zero-order chi connectivity index (χ0) is 11.6. The molecular formula is C10H15ClN2O2. The maximum atomic E-state index is 11.8. The van der Waals surface area contributed by atoms with Gasteiger partial charge in [0.15, 0.2) is 0 Å². The summed E-state index contributed by atoms with van der Waals surface area (Å²) in [6.07, 6.45) is 1.65. The Morgan fingerprint density at radius 3 is 2.67 bits per heavy atom. The van der Waals surface area contributed by atoms with Gasteiger partial charge in [-0.1, -0.05) is 17.7 Å². The fourth-order valence-corrected chi connectivity index (χ4v) is 1.61. The van der Waals surface area contributed by atoms with Crippen molar-refractivity contribution in [2.24, 2.45) is 0 Å². The van der Waals surface area contributed by atoms with Gasteiger partial charge in [-0.15, -0.1) is 0 Å². The number of nitrogens with zero attached hydrogens (tertiary/aromatic N) is 1. The van der Waals surface area contributed by atoms with Crippen LogP contribution in [0.3, 0.4) is 0 Å². The van der Waals surface area contributed by atoms with Crippen molar-refractivity contribution >= 4 is 23.4 Å². The summed E-state index contributed by atoms with van der Waals surface area (Å²) in [5.41, 5.74) is 0.528. The summed E-state index contributed by atoms with van der Waals surface area (Å²) >= 11 is 5.42. The molecule has 5 heteroatoms. The first-order chi connectivity index (χ1) is 6.91. The van der Waals surface area contributed by atoms with Crippen LogP contribution >= 0.6 is 11.6 Å². The maximum Gasteiger partial charge on any atom is 0.246 e. The molecule has 1 rings (SSSR count). The Morgan fingerprint density at radius 2 is 2.13 bits per heavy atom. The molecule has 1 unspecified atom stereocenters. The summed E-state index contributed by atoms with van der Waals surface area (Å²) in [5.74, 6) is -0.230. The second-order valence-electron chi connectivity index (χ2n) is 4.06. The summed E-state index contributed by atoms with van der Waals surface area (Å²) in [6.45, 7) is 5.46. The van der Waals surface area contributed by atoms with E-state index in [2.05, 4.69) is 5.32 Å². The molecule has 1 fully saturated rings. The average molecular weight is 231 g/mol. The van der Waals surface area contributed by atoms with Crippen LogP contribution in [-0.2, 0) is 9.59 Å². The number of hydrogen-bond acceptors (Lipinski definition) is 2. The lowest BCUT2D eigenvalue weighted by Gasteiger charge is -2.43. The van der Waals surface area contributed by atoms with E-state index in [-0.39, 0.29) is 11.8 Å². The van der Waals surface area contributed by atoms with E-state index < -0.39 is 11.6 Å². The van der Waals surface area contributed by atoms with Crippen molar-refractivity contribution in [2.45, 2.75) is 32.4 Å². The molecule has 84 valence electrons. The van der Waals surface area contributed by atoms with E-state index in [0.717, 1.165) is 0 Å². The largest absolute Gasteiger partial charge is 0.343 e. The molecule has 1 N–H and O–H groups in total. The maximum absolute atomic E-state index is 11.8. The molecule has 4 nitrogen and oxygen atoms in total. The highest BCUT2D eigenvalue weighted by atomic mass is 35.5. The third-order valence-electron chi connectivity index (χ3n) is 2.59. The minimum Gasteiger partial charge on any atom is -0.343 e. The standard InChI is InChI=1S/C10H15ClN2O2/c1-7-8(14)13(6-4-5-11)10(2,3)9(15)12-7/h4-5,7H,6H2,1-3H3,(H,12,15)/b5-4+. The first-order valence-corrected chi connectivity index (χ1v) is 5.22. The fraction of sp³-hybridized carbons (Fsp3) is 0.600. The summed E-state index contributed by atoms with van der Waals surface area (Å²) in [4.78, 5) is 25.0. The van der Waals surface area contributed by atoms with E-state index >= 15 is 0 Å². The van der Waals surface area contributed by atoms with Gasteiger partial charge in [-0.05, 0) is 20.8 Å². The molecule has 1 saturated heterocycles. The molecule has 1 aliphatic rings. The zero-order valence-corrected chi connectivity index (χ0v) is 9.84. The van der Waals surface area contributed by atoms with Crippen LogP contribution < -0.4 is 5.32 Å². The fourth-order valence-electron chi connectivity index (χ4n) is 1.53. The molecule has 1 heterocycles. The highest BCUT2D eigenvalue weighted by molar-refractivity contribution is 6.25. The number of carbonyl (C=O) groups is 2. The molecule has 2 amide bonds. The van der Waals surface area contributed by atoms with Crippen molar-refractivity contribution in [2.75, 3.05) is 6.54 Å². The monoisotopic (exact) mass is 230 g/mol. The molecular weight excluding hydrogens is 216 g/mol. The van der Waals surface area contributed by atoms with E-state index in [9.17, 15) is 9.59 Å². The molecule has 15 heavy (non-hydrogen) atoms. The zero-order valence-electron chi connectivity index (χ0n) is 9.08. The Balaban J connectivity index is 2.94. The molecule has 0 radical (unpaired) electrons. The third-order valence-corrected chi connectivity index (χ3v) is 2.77. The summed E-state index contributed by atoms with van der Waals surface area (Å²) in [5, 5.41) is 2.64. The molecule has 1 aliphatic heterocycles. The number of carbonyl (C=O) groups excluding carboxylic acids is 2. The molecule has 0 spiro atoms. The van der Waals surface area contributed by atoms with Crippen LogP contribution in [0.2, 0.25) is 0 Å². The van der Waals surface area contributed by atoms with Crippen LogP contribution in [0.4, 0.5) is 0 Å².